The molecule has 14 heavy (non-hydrogen) atoms. The van der Waals surface area contributed by atoms with Crippen LogP contribution in [0.2, 0.25) is 0 Å². The predicted octanol–water partition coefficient (Wildman–Crippen LogP) is 1.99. The van der Waals surface area contributed by atoms with Crippen LogP contribution in [0.3, 0.4) is 0 Å². The van der Waals surface area contributed by atoms with Gasteiger partial charge in [-0.15, -0.1) is 0 Å². The first-order valence-corrected chi connectivity index (χ1v) is 5.09. The fourth-order valence-electron chi connectivity index (χ4n) is 0.747. The lowest BCUT2D eigenvalue weighted by atomic mass is 10.2. The van der Waals surface area contributed by atoms with Crippen LogP contribution in [0, 0.1) is 0 Å². The molecule has 0 aromatic carbocycles. The molecule has 0 radical (unpaired) electrons. The van der Waals surface area contributed by atoms with E-state index in [0.717, 1.165) is 0 Å². The van der Waals surface area contributed by atoms with Crippen molar-refractivity contribution in [2.24, 2.45) is 0 Å². The van der Waals surface area contributed by atoms with Crippen molar-refractivity contribution in [1.29, 1.82) is 0 Å². The maximum absolute atomic E-state index is 12.7. The topological polar surface area (TPSA) is 43.4 Å². The molecule has 0 N–H and O–H groups in total. The van der Waals surface area contributed by atoms with Crippen molar-refractivity contribution in [2.75, 3.05) is 7.11 Å². The van der Waals surface area contributed by atoms with Gasteiger partial charge in [0.25, 0.3) is 0 Å². The lowest BCUT2D eigenvalue weighted by Crippen LogP contribution is -2.47. The summed E-state index contributed by atoms with van der Waals surface area (Å²) in [6.45, 7) is 1.24. The Morgan fingerprint density at radius 2 is 1.64 bits per heavy atom. The molecule has 0 rings (SSSR count). The summed E-state index contributed by atoms with van der Waals surface area (Å²) >= 11 is 0. The van der Waals surface area contributed by atoms with Gasteiger partial charge in [0, 0.05) is 6.42 Å². The zero-order chi connectivity index (χ0) is 11.6. The molecule has 0 spiro atoms. The summed E-state index contributed by atoms with van der Waals surface area (Å²) in [7, 11) is -5.15. The van der Waals surface area contributed by atoms with E-state index < -0.39 is 27.7 Å². The zero-order valence-corrected chi connectivity index (χ0v) is 8.38. The van der Waals surface area contributed by atoms with E-state index in [-0.39, 0.29) is 6.42 Å². The summed E-state index contributed by atoms with van der Waals surface area (Å²) in [6.07, 6.45) is -1.48. The Kier molecular flexibility index (Phi) is 3.91. The minimum atomic E-state index is -5.56. The molecule has 0 aromatic heterocycles. The second-order valence-corrected chi connectivity index (χ2v) is 4.35. The monoisotopic (exact) mass is 238 g/mol. The van der Waals surface area contributed by atoms with Gasteiger partial charge in [-0.1, -0.05) is 13.3 Å². The van der Waals surface area contributed by atoms with E-state index in [4.69, 9.17) is 0 Å². The zero-order valence-electron chi connectivity index (χ0n) is 7.56. The third-order valence-electron chi connectivity index (χ3n) is 1.52. The van der Waals surface area contributed by atoms with Gasteiger partial charge in [0.1, 0.15) is 0 Å². The number of rotatable bonds is 5. The second kappa shape index (κ2) is 4.01. The first-order valence-electron chi connectivity index (χ1n) is 3.68. The van der Waals surface area contributed by atoms with Crippen LogP contribution in [0.25, 0.3) is 0 Å². The quantitative estimate of drug-likeness (QED) is 0.543. The third-order valence-corrected chi connectivity index (χ3v) is 2.89. The van der Waals surface area contributed by atoms with Crippen molar-refractivity contribution in [1.82, 2.24) is 0 Å². The summed E-state index contributed by atoms with van der Waals surface area (Å²) in [5, 5.41) is -5.19. The summed E-state index contributed by atoms with van der Waals surface area (Å²) in [6, 6.07) is 0. The molecule has 8 heteroatoms. The molecule has 0 aliphatic carbocycles. The molecular formula is C6H10F4O3S. The molecule has 0 saturated carbocycles. The maximum atomic E-state index is 12.7. The van der Waals surface area contributed by atoms with Crippen LogP contribution < -0.4 is 0 Å². The first-order chi connectivity index (χ1) is 6.12. The van der Waals surface area contributed by atoms with E-state index in [9.17, 15) is 26.0 Å². The van der Waals surface area contributed by atoms with Crippen LogP contribution >= 0.6 is 0 Å². The van der Waals surface area contributed by atoms with Gasteiger partial charge in [0.2, 0.25) is 0 Å². The largest absolute Gasteiger partial charge is 0.431 e. The summed E-state index contributed by atoms with van der Waals surface area (Å²) < 4.78 is 75.1. The highest BCUT2D eigenvalue weighted by atomic mass is 32.2. The molecule has 86 valence electrons. The van der Waals surface area contributed by atoms with E-state index in [0.29, 0.717) is 7.11 Å². The molecule has 0 heterocycles. The maximum Gasteiger partial charge on any atom is 0.431 e. The van der Waals surface area contributed by atoms with E-state index >= 15 is 0 Å². The Hall–Kier alpha value is -0.370. The van der Waals surface area contributed by atoms with Crippen LogP contribution in [-0.2, 0) is 14.3 Å². The van der Waals surface area contributed by atoms with Crippen LogP contribution in [0.5, 0.6) is 0 Å². The van der Waals surface area contributed by atoms with Crippen molar-refractivity contribution >= 4 is 10.1 Å². The first kappa shape index (κ1) is 13.6. The highest BCUT2D eigenvalue weighted by Gasteiger charge is 2.65. The van der Waals surface area contributed by atoms with Gasteiger partial charge in [-0.05, 0) is 0 Å². The predicted molar refractivity (Wildman–Crippen MR) is 40.7 cm³/mol. The molecule has 0 atom stereocenters. The minimum absolute atomic E-state index is 0.262. The fraction of sp³-hybridized carbons (Fsp3) is 1.00. The smallest absolute Gasteiger partial charge is 0.269 e. The summed E-state index contributed by atoms with van der Waals surface area (Å²) in [5.41, 5.74) is 0. The average molecular weight is 238 g/mol. The van der Waals surface area contributed by atoms with Gasteiger partial charge in [-0.3, -0.25) is 4.18 Å². The van der Waals surface area contributed by atoms with Gasteiger partial charge < -0.3 is 0 Å². The lowest BCUT2D eigenvalue weighted by molar-refractivity contribution is -0.164. The second-order valence-electron chi connectivity index (χ2n) is 2.59. The molecule has 0 aliphatic heterocycles. The van der Waals surface area contributed by atoms with E-state index in [1.54, 1.807) is 0 Å². The Labute approximate surface area is 79.2 Å². The molecule has 0 amide bonds. The number of hydrogen-bond acceptors (Lipinski definition) is 3. The Balaban J connectivity index is 5.14. The standard InChI is InChI=1S/C6H10F4O3S/c1-3-4-5(7,8)6(9,10)14(11,12)13-2/h3-4H2,1-2H3. The highest BCUT2D eigenvalue weighted by Crippen LogP contribution is 2.42. The highest BCUT2D eigenvalue weighted by molar-refractivity contribution is 7.87. The molecule has 0 aliphatic rings. The number of halogens is 4. The van der Waals surface area contributed by atoms with Crippen molar-refractivity contribution < 1.29 is 30.2 Å². The van der Waals surface area contributed by atoms with Crippen LogP contribution in [0.15, 0.2) is 0 Å². The van der Waals surface area contributed by atoms with Crippen molar-refractivity contribution in [2.45, 2.75) is 30.9 Å². The van der Waals surface area contributed by atoms with Crippen molar-refractivity contribution in [3.05, 3.63) is 0 Å². The molecule has 0 bridgehead atoms. The van der Waals surface area contributed by atoms with Gasteiger partial charge in [-0.25, -0.2) is 0 Å². The minimum Gasteiger partial charge on any atom is -0.269 e. The Morgan fingerprint density at radius 1 is 1.21 bits per heavy atom. The molecular weight excluding hydrogens is 228 g/mol. The Bertz CT molecular complexity index is 285. The SMILES string of the molecule is CCCC(F)(F)C(F)(F)S(=O)(=O)OC. The molecule has 3 nitrogen and oxygen atoms in total. The lowest BCUT2D eigenvalue weighted by Gasteiger charge is -2.24. The van der Waals surface area contributed by atoms with Crippen LogP contribution in [0.4, 0.5) is 17.6 Å². The number of hydrogen-bond donors (Lipinski definition) is 0. The fourth-order valence-corrected chi connectivity index (χ4v) is 1.42. The van der Waals surface area contributed by atoms with Crippen LogP contribution in [-0.4, -0.2) is 26.7 Å². The van der Waals surface area contributed by atoms with E-state index in [1.807, 2.05) is 0 Å². The van der Waals surface area contributed by atoms with Gasteiger partial charge in [0.05, 0.1) is 7.11 Å². The van der Waals surface area contributed by atoms with Gasteiger partial charge in [-0.2, -0.15) is 26.0 Å². The molecule has 0 fully saturated rings. The molecule has 0 unspecified atom stereocenters. The average Bonchev–Trinajstić information content (AvgIpc) is 2.03. The van der Waals surface area contributed by atoms with Gasteiger partial charge in [0.15, 0.2) is 0 Å². The van der Waals surface area contributed by atoms with Crippen molar-refractivity contribution in [3.8, 4) is 0 Å². The Morgan fingerprint density at radius 3 is 1.93 bits per heavy atom. The molecule has 0 aromatic rings. The van der Waals surface area contributed by atoms with Crippen molar-refractivity contribution in [3.63, 3.8) is 0 Å². The normalized spacial score (nSPS) is 14.4. The van der Waals surface area contributed by atoms with Gasteiger partial charge >= 0.3 is 21.3 Å². The molecule has 0 saturated heterocycles. The van der Waals surface area contributed by atoms with E-state index in [1.165, 1.54) is 6.92 Å². The van der Waals surface area contributed by atoms with E-state index in [2.05, 4.69) is 4.18 Å². The summed E-state index contributed by atoms with van der Waals surface area (Å²) in [4.78, 5) is 0. The summed E-state index contributed by atoms with van der Waals surface area (Å²) in [5.74, 6) is -4.61. The van der Waals surface area contributed by atoms with Crippen LogP contribution in [0.1, 0.15) is 19.8 Å². The third kappa shape index (κ3) is 2.17. The number of alkyl halides is 4.